The molecule has 0 fully saturated rings. The SMILES string of the molecule is Cc1nc(Cn2nc(C)c(CCl)c2C)sc1C. The largest absolute Gasteiger partial charge is 0.262 e. The van der Waals surface area contributed by atoms with Crippen molar-refractivity contribution in [1.29, 1.82) is 0 Å². The summed E-state index contributed by atoms with van der Waals surface area (Å²) in [6.45, 7) is 8.94. The zero-order chi connectivity index (χ0) is 12.6. The highest BCUT2D eigenvalue weighted by Crippen LogP contribution is 2.20. The molecule has 0 aliphatic carbocycles. The molecule has 0 N–H and O–H groups in total. The number of nitrogens with zero attached hydrogens (tertiary/aromatic N) is 3. The van der Waals surface area contributed by atoms with Crippen molar-refractivity contribution in [1.82, 2.24) is 14.8 Å². The molecule has 2 aromatic heterocycles. The van der Waals surface area contributed by atoms with Crippen LogP contribution in [0.25, 0.3) is 0 Å². The summed E-state index contributed by atoms with van der Waals surface area (Å²) in [4.78, 5) is 5.81. The molecule has 92 valence electrons. The van der Waals surface area contributed by atoms with Gasteiger partial charge < -0.3 is 0 Å². The topological polar surface area (TPSA) is 30.7 Å². The highest BCUT2D eigenvalue weighted by molar-refractivity contribution is 7.11. The lowest BCUT2D eigenvalue weighted by Gasteiger charge is -2.01. The van der Waals surface area contributed by atoms with Crippen LogP contribution in [0.15, 0.2) is 0 Å². The lowest BCUT2D eigenvalue weighted by Crippen LogP contribution is -2.04. The first-order valence-electron chi connectivity index (χ1n) is 5.54. The molecule has 2 heterocycles. The molecule has 0 saturated heterocycles. The molecule has 17 heavy (non-hydrogen) atoms. The molecule has 0 spiro atoms. The molecule has 0 saturated carbocycles. The van der Waals surface area contributed by atoms with E-state index in [1.54, 1.807) is 11.3 Å². The molecule has 0 amide bonds. The van der Waals surface area contributed by atoms with Crippen molar-refractivity contribution in [3.63, 3.8) is 0 Å². The summed E-state index contributed by atoms with van der Waals surface area (Å²) in [6, 6.07) is 0. The van der Waals surface area contributed by atoms with Gasteiger partial charge in [-0.1, -0.05) is 0 Å². The predicted molar refractivity (Wildman–Crippen MR) is 71.9 cm³/mol. The highest BCUT2D eigenvalue weighted by Gasteiger charge is 2.12. The zero-order valence-corrected chi connectivity index (χ0v) is 12.1. The van der Waals surface area contributed by atoms with E-state index in [1.807, 2.05) is 18.5 Å². The van der Waals surface area contributed by atoms with Gasteiger partial charge in [-0.3, -0.25) is 4.68 Å². The van der Waals surface area contributed by atoms with Crippen LogP contribution in [-0.4, -0.2) is 14.8 Å². The van der Waals surface area contributed by atoms with Crippen molar-refractivity contribution in [3.05, 3.63) is 32.5 Å². The third-order valence-electron chi connectivity index (χ3n) is 3.02. The Bertz CT molecular complexity index is 523. The number of hydrogen-bond donors (Lipinski definition) is 0. The standard InChI is InChI=1S/C12H16ClN3S/c1-7-10(4)17-12(14-7)6-16-9(3)11(5-13)8(2)15-16/h5-6H2,1-4H3. The minimum absolute atomic E-state index is 0.521. The summed E-state index contributed by atoms with van der Waals surface area (Å²) in [7, 11) is 0. The number of halogens is 1. The van der Waals surface area contributed by atoms with Crippen LogP contribution >= 0.6 is 22.9 Å². The number of thiazole rings is 1. The maximum atomic E-state index is 5.92. The average molecular weight is 270 g/mol. The molecule has 3 nitrogen and oxygen atoms in total. The molecule has 0 unspecified atom stereocenters. The Labute approximate surface area is 110 Å². The number of aryl methyl sites for hydroxylation is 3. The smallest absolute Gasteiger partial charge is 0.115 e. The molecule has 5 heteroatoms. The van der Waals surface area contributed by atoms with E-state index in [2.05, 4.69) is 23.9 Å². The summed E-state index contributed by atoms with van der Waals surface area (Å²) >= 11 is 7.65. The van der Waals surface area contributed by atoms with Gasteiger partial charge in [0.15, 0.2) is 0 Å². The summed E-state index contributed by atoms with van der Waals surface area (Å²) in [5, 5.41) is 5.62. The van der Waals surface area contributed by atoms with Gasteiger partial charge in [0.1, 0.15) is 5.01 Å². The van der Waals surface area contributed by atoms with E-state index in [4.69, 9.17) is 11.6 Å². The molecule has 0 aliphatic heterocycles. The van der Waals surface area contributed by atoms with E-state index < -0.39 is 0 Å². The van der Waals surface area contributed by atoms with E-state index in [1.165, 1.54) is 4.88 Å². The number of hydrogen-bond acceptors (Lipinski definition) is 3. The molecular weight excluding hydrogens is 254 g/mol. The van der Waals surface area contributed by atoms with Crippen molar-refractivity contribution in [2.24, 2.45) is 0 Å². The molecule has 0 aliphatic rings. The number of aromatic nitrogens is 3. The van der Waals surface area contributed by atoms with Gasteiger partial charge in [-0.05, 0) is 27.7 Å². The Morgan fingerprint density at radius 3 is 2.35 bits per heavy atom. The maximum Gasteiger partial charge on any atom is 0.115 e. The van der Waals surface area contributed by atoms with Crippen LogP contribution in [-0.2, 0) is 12.4 Å². The van der Waals surface area contributed by atoms with Crippen LogP contribution in [0, 0.1) is 27.7 Å². The maximum absolute atomic E-state index is 5.92. The predicted octanol–water partition coefficient (Wildman–Crippen LogP) is 3.36. The van der Waals surface area contributed by atoms with E-state index in [0.29, 0.717) is 5.88 Å². The fourth-order valence-corrected chi connectivity index (χ4v) is 3.12. The van der Waals surface area contributed by atoms with Crippen LogP contribution in [0.1, 0.15) is 32.5 Å². The van der Waals surface area contributed by atoms with Gasteiger partial charge in [0.2, 0.25) is 0 Å². The first-order valence-corrected chi connectivity index (χ1v) is 6.89. The monoisotopic (exact) mass is 269 g/mol. The third-order valence-corrected chi connectivity index (χ3v) is 4.35. The normalized spacial score (nSPS) is 11.1. The van der Waals surface area contributed by atoms with Crippen molar-refractivity contribution in [2.75, 3.05) is 0 Å². The van der Waals surface area contributed by atoms with Gasteiger partial charge in [0.05, 0.1) is 23.8 Å². The van der Waals surface area contributed by atoms with Crippen LogP contribution in [0.3, 0.4) is 0 Å². The minimum Gasteiger partial charge on any atom is -0.262 e. The van der Waals surface area contributed by atoms with E-state index >= 15 is 0 Å². The van der Waals surface area contributed by atoms with Crippen molar-refractivity contribution < 1.29 is 0 Å². The van der Waals surface area contributed by atoms with Crippen LogP contribution in [0.2, 0.25) is 0 Å². The molecule has 0 bridgehead atoms. The van der Waals surface area contributed by atoms with Gasteiger partial charge in [-0.2, -0.15) is 5.10 Å². The van der Waals surface area contributed by atoms with E-state index in [0.717, 1.165) is 34.2 Å². The average Bonchev–Trinajstić information content (AvgIpc) is 2.70. The fraction of sp³-hybridized carbons (Fsp3) is 0.500. The summed E-state index contributed by atoms with van der Waals surface area (Å²) in [6.07, 6.45) is 0. The van der Waals surface area contributed by atoms with E-state index in [9.17, 15) is 0 Å². The zero-order valence-electron chi connectivity index (χ0n) is 10.5. The van der Waals surface area contributed by atoms with Crippen LogP contribution in [0.4, 0.5) is 0 Å². The van der Waals surface area contributed by atoms with Gasteiger partial charge in [0.25, 0.3) is 0 Å². The van der Waals surface area contributed by atoms with Gasteiger partial charge in [-0.25, -0.2) is 4.98 Å². The van der Waals surface area contributed by atoms with Gasteiger partial charge in [0, 0.05) is 16.1 Å². The highest BCUT2D eigenvalue weighted by atomic mass is 35.5. The van der Waals surface area contributed by atoms with Crippen molar-refractivity contribution >= 4 is 22.9 Å². The second kappa shape index (κ2) is 4.78. The van der Waals surface area contributed by atoms with Crippen molar-refractivity contribution in [2.45, 2.75) is 40.1 Å². The summed E-state index contributed by atoms with van der Waals surface area (Å²) in [5.74, 6) is 0.521. The Hall–Kier alpha value is -0.870. The second-order valence-electron chi connectivity index (χ2n) is 4.19. The number of alkyl halides is 1. The minimum atomic E-state index is 0.521. The Morgan fingerprint density at radius 1 is 1.18 bits per heavy atom. The number of rotatable bonds is 3. The first-order chi connectivity index (χ1) is 8.02. The van der Waals surface area contributed by atoms with Gasteiger partial charge >= 0.3 is 0 Å². The van der Waals surface area contributed by atoms with Crippen LogP contribution < -0.4 is 0 Å². The van der Waals surface area contributed by atoms with E-state index in [-0.39, 0.29) is 0 Å². The molecule has 0 atom stereocenters. The summed E-state index contributed by atoms with van der Waals surface area (Å²) < 4.78 is 1.99. The Kier molecular flexibility index (Phi) is 3.54. The van der Waals surface area contributed by atoms with Crippen LogP contribution in [0.5, 0.6) is 0 Å². The lowest BCUT2D eigenvalue weighted by atomic mass is 10.2. The Balaban J connectivity index is 2.30. The molecular formula is C12H16ClN3S. The first kappa shape index (κ1) is 12.6. The van der Waals surface area contributed by atoms with Crippen molar-refractivity contribution in [3.8, 4) is 0 Å². The quantitative estimate of drug-likeness (QED) is 0.800. The third kappa shape index (κ3) is 2.38. The molecule has 2 rings (SSSR count). The van der Waals surface area contributed by atoms with Gasteiger partial charge in [-0.15, -0.1) is 22.9 Å². The molecule has 0 radical (unpaired) electrons. The fourth-order valence-electron chi connectivity index (χ4n) is 1.82. The lowest BCUT2D eigenvalue weighted by molar-refractivity contribution is 0.654. The molecule has 2 aromatic rings. The Morgan fingerprint density at radius 2 is 1.88 bits per heavy atom. The summed E-state index contributed by atoms with van der Waals surface area (Å²) in [5.41, 5.74) is 4.41. The molecule has 0 aromatic carbocycles. The second-order valence-corrected chi connectivity index (χ2v) is 5.74.